The van der Waals surface area contributed by atoms with Crippen molar-refractivity contribution in [2.24, 2.45) is 0 Å². The summed E-state index contributed by atoms with van der Waals surface area (Å²) in [7, 11) is -3.10. The first-order valence-electron chi connectivity index (χ1n) is 5.84. The number of amides is 1. The largest absolute Gasteiger partial charge is 0.355 e. The van der Waals surface area contributed by atoms with Crippen LogP contribution in [0.5, 0.6) is 0 Å². The molecule has 0 fully saturated rings. The first-order chi connectivity index (χ1) is 7.91. The fourth-order valence-electron chi connectivity index (χ4n) is 1.40. The highest BCUT2D eigenvalue weighted by atomic mass is 32.2. The highest BCUT2D eigenvalue weighted by Gasteiger charge is 2.12. The molecule has 0 atom stereocenters. The van der Waals surface area contributed by atoms with Crippen LogP contribution >= 0.6 is 0 Å². The molecule has 0 saturated heterocycles. The van der Waals surface area contributed by atoms with E-state index < -0.39 is 10.0 Å². The van der Waals surface area contributed by atoms with Crippen molar-refractivity contribution < 1.29 is 13.2 Å². The Morgan fingerprint density at radius 3 is 2.41 bits per heavy atom. The summed E-state index contributed by atoms with van der Waals surface area (Å²) >= 11 is 0. The van der Waals surface area contributed by atoms with Gasteiger partial charge in [-0.15, -0.1) is 0 Å². The molecule has 2 N–H and O–H groups in total. The molecule has 0 unspecified atom stereocenters. The summed E-state index contributed by atoms with van der Waals surface area (Å²) in [6, 6.07) is 0. The van der Waals surface area contributed by atoms with Crippen molar-refractivity contribution in [1.29, 1.82) is 0 Å². The number of hydrogen-bond donors (Lipinski definition) is 2. The van der Waals surface area contributed by atoms with Crippen molar-refractivity contribution in [1.82, 2.24) is 14.9 Å². The summed E-state index contributed by atoms with van der Waals surface area (Å²) in [5.41, 5.74) is 0. The molecular weight excluding hydrogens is 242 g/mol. The van der Waals surface area contributed by atoms with Gasteiger partial charge < -0.3 is 10.6 Å². The van der Waals surface area contributed by atoms with Crippen LogP contribution in [0.4, 0.5) is 0 Å². The second-order valence-electron chi connectivity index (χ2n) is 3.74. The molecule has 6 nitrogen and oxygen atoms in total. The highest BCUT2D eigenvalue weighted by molar-refractivity contribution is 7.88. The smallest absolute Gasteiger partial charge is 0.233 e. The number of nitrogens with zero attached hydrogens (tertiary/aromatic N) is 1. The van der Waals surface area contributed by atoms with Gasteiger partial charge in [-0.25, -0.2) is 12.7 Å². The molecule has 0 aliphatic heterocycles. The van der Waals surface area contributed by atoms with Gasteiger partial charge in [-0.05, 0) is 19.9 Å². The van der Waals surface area contributed by atoms with Crippen molar-refractivity contribution in [3.63, 3.8) is 0 Å². The fraction of sp³-hybridized carbons (Fsp3) is 0.900. The van der Waals surface area contributed by atoms with Crippen LogP contribution in [0.3, 0.4) is 0 Å². The van der Waals surface area contributed by atoms with Crippen LogP contribution < -0.4 is 10.6 Å². The lowest BCUT2D eigenvalue weighted by Crippen LogP contribution is -2.36. The maximum atomic E-state index is 11.3. The average molecular weight is 265 g/mol. The predicted molar refractivity (Wildman–Crippen MR) is 68.3 cm³/mol. The van der Waals surface area contributed by atoms with E-state index in [1.54, 1.807) is 0 Å². The van der Waals surface area contributed by atoms with Crippen LogP contribution in [-0.4, -0.2) is 57.6 Å². The van der Waals surface area contributed by atoms with Crippen LogP contribution in [-0.2, 0) is 14.8 Å². The van der Waals surface area contributed by atoms with Gasteiger partial charge in [-0.1, -0.05) is 6.92 Å². The molecule has 0 heterocycles. The van der Waals surface area contributed by atoms with E-state index in [0.29, 0.717) is 32.6 Å². The van der Waals surface area contributed by atoms with Crippen LogP contribution in [0.1, 0.15) is 20.3 Å². The molecule has 0 aromatic heterocycles. The van der Waals surface area contributed by atoms with E-state index in [1.165, 1.54) is 10.6 Å². The van der Waals surface area contributed by atoms with E-state index in [9.17, 15) is 13.2 Å². The third-order valence-corrected chi connectivity index (χ3v) is 3.62. The topological polar surface area (TPSA) is 78.5 Å². The Morgan fingerprint density at radius 2 is 1.94 bits per heavy atom. The van der Waals surface area contributed by atoms with Crippen molar-refractivity contribution in [2.75, 3.05) is 39.0 Å². The molecule has 0 aliphatic rings. The monoisotopic (exact) mass is 265 g/mol. The predicted octanol–water partition coefficient (Wildman–Crippen LogP) is -0.616. The Morgan fingerprint density at radius 1 is 1.29 bits per heavy atom. The SMILES string of the molecule is CCNC(=O)CNCCCN(CC)S(C)(=O)=O. The number of sulfonamides is 1. The van der Waals surface area contributed by atoms with Gasteiger partial charge in [0, 0.05) is 19.6 Å². The minimum Gasteiger partial charge on any atom is -0.355 e. The van der Waals surface area contributed by atoms with Gasteiger partial charge in [-0.3, -0.25) is 4.79 Å². The number of carbonyl (C=O) groups is 1. The Hall–Kier alpha value is -0.660. The third kappa shape index (κ3) is 8.12. The normalized spacial score (nSPS) is 11.8. The van der Waals surface area contributed by atoms with Gasteiger partial charge in [0.1, 0.15) is 0 Å². The minimum atomic E-state index is -3.10. The van der Waals surface area contributed by atoms with Gasteiger partial charge in [0.2, 0.25) is 15.9 Å². The Labute approximate surface area is 104 Å². The summed E-state index contributed by atoms with van der Waals surface area (Å²) in [5.74, 6) is -0.0389. The van der Waals surface area contributed by atoms with Gasteiger partial charge in [-0.2, -0.15) is 0 Å². The molecule has 17 heavy (non-hydrogen) atoms. The highest BCUT2D eigenvalue weighted by Crippen LogP contribution is 1.97. The van der Waals surface area contributed by atoms with Crippen LogP contribution in [0.25, 0.3) is 0 Å². The molecular formula is C10H23N3O3S. The fourth-order valence-corrected chi connectivity index (χ4v) is 2.33. The molecule has 102 valence electrons. The van der Waals surface area contributed by atoms with E-state index in [0.717, 1.165) is 0 Å². The van der Waals surface area contributed by atoms with Gasteiger partial charge in [0.25, 0.3) is 0 Å². The molecule has 0 rings (SSSR count). The quantitative estimate of drug-likeness (QED) is 0.545. The second kappa shape index (κ2) is 8.43. The Balaban J connectivity index is 3.67. The number of hydrogen-bond acceptors (Lipinski definition) is 4. The van der Waals surface area contributed by atoms with E-state index in [2.05, 4.69) is 10.6 Å². The van der Waals surface area contributed by atoms with E-state index in [1.807, 2.05) is 13.8 Å². The molecule has 0 spiro atoms. The maximum Gasteiger partial charge on any atom is 0.233 e. The van der Waals surface area contributed by atoms with Crippen molar-refractivity contribution in [3.8, 4) is 0 Å². The molecule has 0 saturated carbocycles. The van der Waals surface area contributed by atoms with E-state index >= 15 is 0 Å². The van der Waals surface area contributed by atoms with Crippen LogP contribution in [0, 0.1) is 0 Å². The molecule has 0 aliphatic carbocycles. The zero-order valence-electron chi connectivity index (χ0n) is 10.8. The molecule has 0 radical (unpaired) electrons. The van der Waals surface area contributed by atoms with Gasteiger partial charge in [0.15, 0.2) is 0 Å². The third-order valence-electron chi connectivity index (χ3n) is 2.24. The summed E-state index contributed by atoms with van der Waals surface area (Å²) in [5, 5.41) is 5.64. The number of carbonyl (C=O) groups excluding carboxylic acids is 1. The van der Waals surface area contributed by atoms with Crippen LogP contribution in [0.2, 0.25) is 0 Å². The first kappa shape index (κ1) is 16.3. The number of nitrogens with one attached hydrogen (secondary N) is 2. The Kier molecular flexibility index (Phi) is 8.11. The molecule has 7 heteroatoms. The maximum absolute atomic E-state index is 11.3. The molecule has 0 bridgehead atoms. The zero-order chi connectivity index (χ0) is 13.3. The summed E-state index contributed by atoms with van der Waals surface area (Å²) in [4.78, 5) is 11.1. The van der Waals surface area contributed by atoms with Crippen molar-refractivity contribution in [3.05, 3.63) is 0 Å². The number of likely N-dealkylation sites (N-methyl/N-ethyl adjacent to an activating group) is 1. The summed E-state index contributed by atoms with van der Waals surface area (Å²) in [6.07, 6.45) is 1.90. The lowest BCUT2D eigenvalue weighted by Gasteiger charge is -2.17. The Bertz CT molecular complexity index is 317. The van der Waals surface area contributed by atoms with Gasteiger partial charge in [0.05, 0.1) is 12.8 Å². The minimum absolute atomic E-state index is 0.0389. The molecule has 0 aromatic carbocycles. The summed E-state index contributed by atoms with van der Waals surface area (Å²) in [6.45, 7) is 6.17. The van der Waals surface area contributed by atoms with Crippen molar-refractivity contribution >= 4 is 15.9 Å². The summed E-state index contributed by atoms with van der Waals surface area (Å²) < 4.78 is 23.9. The van der Waals surface area contributed by atoms with Crippen LogP contribution in [0.15, 0.2) is 0 Å². The lowest BCUT2D eigenvalue weighted by molar-refractivity contribution is -0.120. The zero-order valence-corrected chi connectivity index (χ0v) is 11.6. The first-order valence-corrected chi connectivity index (χ1v) is 7.69. The average Bonchev–Trinajstić information content (AvgIpc) is 2.21. The lowest BCUT2D eigenvalue weighted by atomic mass is 10.4. The second-order valence-corrected chi connectivity index (χ2v) is 5.72. The number of rotatable bonds is 9. The van der Waals surface area contributed by atoms with Crippen molar-refractivity contribution in [2.45, 2.75) is 20.3 Å². The standard InChI is InChI=1S/C10H23N3O3S/c1-4-12-10(14)9-11-7-6-8-13(5-2)17(3,15)16/h11H,4-9H2,1-3H3,(H,12,14). The molecule has 1 amide bonds. The molecule has 0 aromatic rings. The van der Waals surface area contributed by atoms with Gasteiger partial charge >= 0.3 is 0 Å². The van der Waals surface area contributed by atoms with E-state index in [4.69, 9.17) is 0 Å². The van der Waals surface area contributed by atoms with E-state index in [-0.39, 0.29) is 12.5 Å².